The molecular weight excluding hydrogens is 236 g/mol. The number of hydrogen-bond acceptors (Lipinski definition) is 5. The van der Waals surface area contributed by atoms with Crippen LogP contribution in [0.15, 0.2) is 11.2 Å². The maximum Gasteiger partial charge on any atom is 0.188 e. The summed E-state index contributed by atoms with van der Waals surface area (Å²) in [7, 11) is 0. The van der Waals surface area contributed by atoms with Crippen molar-refractivity contribution >= 4 is 17.7 Å². The van der Waals surface area contributed by atoms with Crippen molar-refractivity contribution in [1.82, 2.24) is 9.97 Å². The Morgan fingerprint density at radius 3 is 2.47 bits per heavy atom. The Balaban J connectivity index is 2.74. The number of carboxylic acid groups (broad SMARTS) is 1. The average molecular weight is 253 g/mol. The molecule has 0 radical (unpaired) electrons. The van der Waals surface area contributed by atoms with Gasteiger partial charge in [-0.15, -0.1) is 0 Å². The van der Waals surface area contributed by atoms with Gasteiger partial charge in [0.1, 0.15) is 0 Å². The summed E-state index contributed by atoms with van der Waals surface area (Å²) in [6.45, 7) is 5.78. The Labute approximate surface area is 106 Å². The Bertz CT molecular complexity index is 376. The number of nitrogens with zero attached hydrogens (tertiary/aromatic N) is 2. The number of hydrogen-bond donors (Lipinski definition) is 0. The molecule has 0 bridgehead atoms. The second-order valence-electron chi connectivity index (χ2n) is 4.00. The molecular formula is C12H17N2O2S-. The van der Waals surface area contributed by atoms with E-state index in [9.17, 15) is 9.90 Å². The van der Waals surface area contributed by atoms with Crippen LogP contribution in [0.5, 0.6) is 0 Å². The van der Waals surface area contributed by atoms with Gasteiger partial charge in [0.05, 0.1) is 11.2 Å². The van der Waals surface area contributed by atoms with Crippen LogP contribution < -0.4 is 5.11 Å². The van der Waals surface area contributed by atoms with Gasteiger partial charge in [-0.25, -0.2) is 9.97 Å². The SMILES string of the molecule is CCCC[C@H](Sc1nc(C)cc(C)n1)C(=O)[O-]. The molecule has 0 amide bonds. The topological polar surface area (TPSA) is 65.9 Å². The zero-order chi connectivity index (χ0) is 12.8. The van der Waals surface area contributed by atoms with Crippen molar-refractivity contribution in [3.63, 3.8) is 0 Å². The summed E-state index contributed by atoms with van der Waals surface area (Å²) in [5.41, 5.74) is 1.71. The van der Waals surface area contributed by atoms with E-state index in [4.69, 9.17) is 0 Å². The van der Waals surface area contributed by atoms with Gasteiger partial charge in [0.2, 0.25) is 0 Å². The van der Waals surface area contributed by atoms with Crippen molar-refractivity contribution in [2.24, 2.45) is 0 Å². The molecule has 94 valence electrons. The number of aromatic nitrogens is 2. The lowest BCUT2D eigenvalue weighted by Crippen LogP contribution is -2.33. The van der Waals surface area contributed by atoms with Gasteiger partial charge in [-0.3, -0.25) is 0 Å². The second kappa shape index (κ2) is 6.59. The lowest BCUT2D eigenvalue weighted by molar-refractivity contribution is -0.304. The first-order chi connectivity index (χ1) is 8.02. The van der Waals surface area contributed by atoms with Crippen molar-refractivity contribution in [3.05, 3.63) is 17.5 Å². The fourth-order valence-corrected chi connectivity index (χ4v) is 2.52. The van der Waals surface area contributed by atoms with E-state index in [0.29, 0.717) is 11.6 Å². The normalized spacial score (nSPS) is 12.4. The highest BCUT2D eigenvalue weighted by atomic mass is 32.2. The van der Waals surface area contributed by atoms with Crippen LogP contribution in [0.3, 0.4) is 0 Å². The number of unbranched alkanes of at least 4 members (excludes halogenated alkanes) is 1. The maximum absolute atomic E-state index is 11.0. The molecule has 0 saturated carbocycles. The van der Waals surface area contributed by atoms with Crippen LogP contribution in [0, 0.1) is 13.8 Å². The smallest absolute Gasteiger partial charge is 0.188 e. The average Bonchev–Trinajstić information content (AvgIpc) is 2.22. The molecule has 0 fully saturated rings. The molecule has 1 heterocycles. The zero-order valence-corrected chi connectivity index (χ0v) is 11.2. The van der Waals surface area contributed by atoms with E-state index in [-0.39, 0.29) is 0 Å². The maximum atomic E-state index is 11.0. The molecule has 0 saturated heterocycles. The van der Waals surface area contributed by atoms with E-state index in [1.165, 1.54) is 11.8 Å². The molecule has 0 aromatic carbocycles. The van der Waals surface area contributed by atoms with E-state index >= 15 is 0 Å². The molecule has 1 atom stereocenters. The van der Waals surface area contributed by atoms with E-state index in [2.05, 4.69) is 9.97 Å². The van der Waals surface area contributed by atoms with Gasteiger partial charge in [0.15, 0.2) is 5.16 Å². The number of thioether (sulfide) groups is 1. The zero-order valence-electron chi connectivity index (χ0n) is 10.4. The molecule has 0 aliphatic rings. The summed E-state index contributed by atoms with van der Waals surface area (Å²) in [6, 6.07) is 1.87. The summed E-state index contributed by atoms with van der Waals surface area (Å²) in [5.74, 6) is -1.04. The van der Waals surface area contributed by atoms with Crippen molar-refractivity contribution in [1.29, 1.82) is 0 Å². The number of carbonyl (C=O) groups is 1. The molecule has 1 rings (SSSR count). The lowest BCUT2D eigenvalue weighted by atomic mass is 10.2. The predicted octanol–water partition coefficient (Wildman–Crippen LogP) is 1.49. The summed E-state index contributed by atoms with van der Waals surface area (Å²) in [4.78, 5) is 19.4. The number of rotatable bonds is 6. The quantitative estimate of drug-likeness (QED) is 0.567. The van der Waals surface area contributed by atoms with E-state index in [0.717, 1.165) is 24.2 Å². The van der Waals surface area contributed by atoms with Crippen LogP contribution in [-0.4, -0.2) is 21.2 Å². The first-order valence-corrected chi connectivity index (χ1v) is 6.60. The molecule has 5 heteroatoms. The van der Waals surface area contributed by atoms with Crippen molar-refractivity contribution < 1.29 is 9.90 Å². The standard InChI is InChI=1S/C12H18N2O2S/c1-4-5-6-10(11(15)16)17-12-13-8(2)7-9(3)14-12/h7,10H,4-6H2,1-3H3,(H,15,16)/p-1/t10-/m0/s1. The van der Waals surface area contributed by atoms with Crippen molar-refractivity contribution in [2.75, 3.05) is 0 Å². The van der Waals surface area contributed by atoms with Crippen molar-refractivity contribution in [3.8, 4) is 0 Å². The van der Waals surface area contributed by atoms with Gasteiger partial charge in [0.25, 0.3) is 0 Å². The highest BCUT2D eigenvalue weighted by Gasteiger charge is 2.13. The minimum atomic E-state index is -1.04. The monoisotopic (exact) mass is 253 g/mol. The first kappa shape index (κ1) is 14.0. The predicted molar refractivity (Wildman–Crippen MR) is 65.7 cm³/mol. The third-order valence-electron chi connectivity index (χ3n) is 2.29. The van der Waals surface area contributed by atoms with Crippen molar-refractivity contribution in [2.45, 2.75) is 50.4 Å². The van der Waals surface area contributed by atoms with Gasteiger partial charge < -0.3 is 9.90 Å². The highest BCUT2D eigenvalue weighted by molar-refractivity contribution is 8.00. The molecule has 0 N–H and O–H groups in total. The molecule has 0 aliphatic carbocycles. The highest BCUT2D eigenvalue weighted by Crippen LogP contribution is 2.23. The first-order valence-electron chi connectivity index (χ1n) is 5.72. The molecule has 1 aromatic rings. The largest absolute Gasteiger partial charge is 0.549 e. The van der Waals surface area contributed by atoms with Crippen LogP contribution in [0.1, 0.15) is 37.6 Å². The van der Waals surface area contributed by atoms with E-state index < -0.39 is 11.2 Å². The molecule has 0 spiro atoms. The number of carbonyl (C=O) groups excluding carboxylic acids is 1. The summed E-state index contributed by atoms with van der Waals surface area (Å²) in [5, 5.41) is 11.0. The van der Waals surface area contributed by atoms with Gasteiger partial charge >= 0.3 is 0 Å². The number of carboxylic acids is 1. The van der Waals surface area contributed by atoms with E-state index in [1.54, 1.807) is 0 Å². The summed E-state index contributed by atoms with van der Waals surface area (Å²) in [6.07, 6.45) is 2.44. The summed E-state index contributed by atoms with van der Waals surface area (Å²) < 4.78 is 0. The van der Waals surface area contributed by atoms with Gasteiger partial charge in [-0.2, -0.15) is 0 Å². The Hall–Kier alpha value is -1.10. The minimum Gasteiger partial charge on any atom is -0.549 e. The van der Waals surface area contributed by atoms with Crippen LogP contribution in [0.4, 0.5) is 0 Å². The fraction of sp³-hybridized carbons (Fsp3) is 0.583. The Morgan fingerprint density at radius 1 is 1.41 bits per heavy atom. The van der Waals surface area contributed by atoms with E-state index in [1.807, 2.05) is 26.8 Å². The van der Waals surface area contributed by atoms with Crippen LogP contribution in [0.2, 0.25) is 0 Å². The van der Waals surface area contributed by atoms with Gasteiger partial charge in [-0.05, 0) is 26.3 Å². The Kier molecular flexibility index (Phi) is 5.41. The van der Waals surface area contributed by atoms with Gasteiger partial charge in [-0.1, -0.05) is 31.5 Å². The van der Waals surface area contributed by atoms with Crippen LogP contribution in [0.25, 0.3) is 0 Å². The third-order valence-corrected chi connectivity index (χ3v) is 3.40. The molecule has 1 aromatic heterocycles. The second-order valence-corrected chi connectivity index (χ2v) is 5.17. The number of aliphatic carboxylic acids is 1. The Morgan fingerprint density at radius 2 is 2.00 bits per heavy atom. The summed E-state index contributed by atoms with van der Waals surface area (Å²) >= 11 is 1.18. The van der Waals surface area contributed by atoms with Gasteiger partial charge in [0, 0.05) is 11.4 Å². The molecule has 17 heavy (non-hydrogen) atoms. The molecule has 4 nitrogen and oxygen atoms in total. The molecule has 0 aliphatic heterocycles. The minimum absolute atomic E-state index is 0.521. The third kappa shape index (κ3) is 4.73. The lowest BCUT2D eigenvalue weighted by Gasteiger charge is -2.16. The molecule has 0 unspecified atom stereocenters. The number of aryl methyl sites for hydroxylation is 2. The fourth-order valence-electron chi connectivity index (χ4n) is 1.49. The van der Waals surface area contributed by atoms with Crippen LogP contribution in [-0.2, 0) is 4.79 Å². The van der Waals surface area contributed by atoms with Crippen LogP contribution >= 0.6 is 11.8 Å².